The standard InChI is InChI=1S/C16H16Cl2N2O5/c1-15(8-16(15,17)18)14(23)24-7-12(21)20-6-11(13(19)22)25-10-5-3-2-4-9(10)20/h2-5,11H,6-8H2,1H3,(H2,19,22)/t11-,15+/m1/s1. The summed E-state index contributed by atoms with van der Waals surface area (Å²) in [6, 6.07) is 6.72. The highest BCUT2D eigenvalue weighted by Crippen LogP contribution is 2.64. The number of ether oxygens (including phenoxy) is 2. The van der Waals surface area contributed by atoms with E-state index >= 15 is 0 Å². The lowest BCUT2D eigenvalue weighted by atomic mass is 10.1. The van der Waals surface area contributed by atoms with E-state index in [1.54, 1.807) is 31.2 Å². The molecular formula is C16H16Cl2N2O5. The van der Waals surface area contributed by atoms with E-state index < -0.39 is 40.2 Å². The van der Waals surface area contributed by atoms with Gasteiger partial charge in [-0.25, -0.2) is 0 Å². The van der Waals surface area contributed by atoms with E-state index in [9.17, 15) is 14.4 Å². The van der Waals surface area contributed by atoms with Crippen molar-refractivity contribution < 1.29 is 23.9 Å². The van der Waals surface area contributed by atoms with E-state index in [0.717, 1.165) is 0 Å². The van der Waals surface area contributed by atoms with Crippen LogP contribution in [0.15, 0.2) is 24.3 Å². The number of fused-ring (bicyclic) bond motifs is 1. The van der Waals surface area contributed by atoms with Crippen LogP contribution in [0.1, 0.15) is 13.3 Å². The van der Waals surface area contributed by atoms with Gasteiger partial charge in [0.2, 0.25) is 0 Å². The lowest BCUT2D eigenvalue weighted by Crippen LogP contribution is -2.50. The van der Waals surface area contributed by atoms with Crippen LogP contribution in [0.5, 0.6) is 5.75 Å². The van der Waals surface area contributed by atoms with Crippen LogP contribution >= 0.6 is 23.2 Å². The number of carbonyl (C=O) groups excluding carboxylic acids is 3. The van der Waals surface area contributed by atoms with Crippen LogP contribution in [0.2, 0.25) is 0 Å². The normalized spacial score (nSPS) is 26.2. The van der Waals surface area contributed by atoms with Gasteiger partial charge in [0, 0.05) is 6.42 Å². The van der Waals surface area contributed by atoms with Crippen LogP contribution < -0.4 is 15.4 Å². The number of primary amides is 1. The van der Waals surface area contributed by atoms with Gasteiger partial charge in [-0.3, -0.25) is 14.4 Å². The van der Waals surface area contributed by atoms with E-state index in [-0.39, 0.29) is 13.0 Å². The molecule has 1 saturated carbocycles. The monoisotopic (exact) mass is 386 g/mol. The van der Waals surface area contributed by atoms with E-state index in [1.165, 1.54) is 4.90 Å². The number of esters is 1. The number of nitrogens with two attached hydrogens (primary N) is 1. The first-order valence-corrected chi connectivity index (χ1v) is 8.32. The van der Waals surface area contributed by atoms with Gasteiger partial charge in [0.15, 0.2) is 12.7 Å². The van der Waals surface area contributed by atoms with E-state index in [4.69, 9.17) is 38.4 Å². The number of hydrogen-bond acceptors (Lipinski definition) is 5. The van der Waals surface area contributed by atoms with Gasteiger partial charge in [0.25, 0.3) is 11.8 Å². The van der Waals surface area contributed by atoms with E-state index in [1.807, 2.05) is 0 Å². The van der Waals surface area contributed by atoms with E-state index in [2.05, 4.69) is 0 Å². The van der Waals surface area contributed by atoms with Crippen molar-refractivity contribution in [2.24, 2.45) is 11.1 Å². The molecule has 1 aliphatic carbocycles. The number of alkyl halides is 2. The van der Waals surface area contributed by atoms with Crippen LogP contribution in [-0.2, 0) is 19.1 Å². The molecule has 0 bridgehead atoms. The molecule has 1 aliphatic heterocycles. The minimum atomic E-state index is -1.17. The van der Waals surface area contributed by atoms with Crippen molar-refractivity contribution in [3.05, 3.63) is 24.3 Å². The van der Waals surface area contributed by atoms with Gasteiger partial charge in [-0.1, -0.05) is 12.1 Å². The second-order valence-corrected chi connectivity index (χ2v) is 7.75. The molecule has 2 N–H and O–H groups in total. The molecule has 1 aromatic carbocycles. The first-order chi connectivity index (χ1) is 11.7. The van der Waals surface area contributed by atoms with Crippen molar-refractivity contribution in [1.82, 2.24) is 0 Å². The van der Waals surface area contributed by atoms with Crippen LogP contribution in [0.4, 0.5) is 5.69 Å². The molecule has 0 spiro atoms. The first-order valence-electron chi connectivity index (χ1n) is 7.56. The van der Waals surface area contributed by atoms with Gasteiger partial charge < -0.3 is 20.1 Å². The van der Waals surface area contributed by atoms with Crippen molar-refractivity contribution in [1.29, 1.82) is 0 Å². The Morgan fingerprint density at radius 1 is 1.36 bits per heavy atom. The number of halogens is 2. The Kier molecular flexibility index (Phi) is 4.33. The number of anilines is 1. The fourth-order valence-electron chi connectivity index (χ4n) is 2.60. The number of rotatable bonds is 4. The van der Waals surface area contributed by atoms with Crippen molar-refractivity contribution in [2.75, 3.05) is 18.1 Å². The van der Waals surface area contributed by atoms with Crippen molar-refractivity contribution in [3.8, 4) is 5.75 Å². The maximum atomic E-state index is 12.5. The van der Waals surface area contributed by atoms with Gasteiger partial charge >= 0.3 is 5.97 Å². The highest BCUT2D eigenvalue weighted by atomic mass is 35.5. The summed E-state index contributed by atoms with van der Waals surface area (Å²) in [5.41, 5.74) is 4.74. The second kappa shape index (κ2) is 6.07. The smallest absolute Gasteiger partial charge is 0.315 e. The average Bonchev–Trinajstić information content (AvgIpc) is 3.10. The van der Waals surface area contributed by atoms with Gasteiger partial charge in [0.1, 0.15) is 15.5 Å². The molecule has 0 aromatic heterocycles. The third-order valence-electron chi connectivity index (χ3n) is 4.43. The molecule has 1 fully saturated rings. The zero-order valence-corrected chi connectivity index (χ0v) is 14.8. The lowest BCUT2D eigenvalue weighted by Gasteiger charge is -2.33. The molecule has 3 rings (SSSR count). The van der Waals surface area contributed by atoms with Crippen molar-refractivity contribution in [2.45, 2.75) is 23.8 Å². The lowest BCUT2D eigenvalue weighted by molar-refractivity contribution is -0.153. The number of hydrogen-bond donors (Lipinski definition) is 1. The Bertz CT molecular complexity index is 754. The number of benzene rings is 1. The Hall–Kier alpha value is -1.99. The molecule has 9 heteroatoms. The van der Waals surface area contributed by atoms with Gasteiger partial charge in [-0.2, -0.15) is 0 Å². The Balaban J connectivity index is 1.71. The number of amides is 2. The third kappa shape index (κ3) is 3.14. The quantitative estimate of drug-likeness (QED) is 0.622. The zero-order valence-electron chi connectivity index (χ0n) is 13.3. The molecular weight excluding hydrogens is 371 g/mol. The summed E-state index contributed by atoms with van der Waals surface area (Å²) in [5.74, 6) is -1.48. The molecule has 7 nitrogen and oxygen atoms in total. The maximum Gasteiger partial charge on any atom is 0.315 e. The fourth-order valence-corrected chi connectivity index (χ4v) is 3.29. The number of para-hydroxylation sites is 2. The second-order valence-electron chi connectivity index (χ2n) is 6.27. The van der Waals surface area contributed by atoms with Crippen LogP contribution in [-0.4, -0.2) is 41.4 Å². The topological polar surface area (TPSA) is 98.9 Å². The Morgan fingerprint density at radius 3 is 2.60 bits per heavy atom. The molecule has 0 unspecified atom stereocenters. The molecule has 2 amide bonds. The Labute approximate surface area is 153 Å². The highest BCUT2D eigenvalue weighted by molar-refractivity contribution is 6.53. The molecule has 2 aliphatic rings. The summed E-state index contributed by atoms with van der Waals surface area (Å²) in [6.45, 7) is 1.01. The molecule has 1 aromatic rings. The van der Waals surface area contributed by atoms with Crippen LogP contribution in [0, 0.1) is 5.41 Å². The molecule has 1 heterocycles. The van der Waals surface area contributed by atoms with Crippen molar-refractivity contribution >= 4 is 46.7 Å². The summed E-state index contributed by atoms with van der Waals surface area (Å²) in [7, 11) is 0. The maximum absolute atomic E-state index is 12.5. The molecule has 134 valence electrons. The van der Waals surface area contributed by atoms with Crippen LogP contribution in [0.25, 0.3) is 0 Å². The minimum Gasteiger partial charge on any atom is -0.477 e. The minimum absolute atomic E-state index is 0.0606. The van der Waals surface area contributed by atoms with Crippen LogP contribution in [0.3, 0.4) is 0 Å². The number of carbonyl (C=O) groups is 3. The van der Waals surface area contributed by atoms with Gasteiger partial charge in [-0.15, -0.1) is 23.2 Å². The molecule has 0 saturated heterocycles. The number of nitrogens with zero attached hydrogens (tertiary/aromatic N) is 1. The SMILES string of the molecule is C[C@@]1(C(=O)OCC(=O)N2C[C@H](C(N)=O)Oc3ccccc32)CC1(Cl)Cl. The summed E-state index contributed by atoms with van der Waals surface area (Å²) < 4.78 is 9.38. The Morgan fingerprint density at radius 2 is 2.00 bits per heavy atom. The summed E-state index contributed by atoms with van der Waals surface area (Å²) in [6.07, 6.45) is -0.714. The van der Waals surface area contributed by atoms with E-state index in [0.29, 0.717) is 11.4 Å². The predicted octanol–water partition coefficient (Wildman–Crippen LogP) is 1.39. The predicted molar refractivity (Wildman–Crippen MR) is 90.5 cm³/mol. The van der Waals surface area contributed by atoms with Gasteiger partial charge in [-0.05, 0) is 19.1 Å². The highest BCUT2D eigenvalue weighted by Gasteiger charge is 2.69. The third-order valence-corrected chi connectivity index (χ3v) is 5.53. The van der Waals surface area contributed by atoms with Gasteiger partial charge in [0.05, 0.1) is 12.2 Å². The fraction of sp³-hybridized carbons (Fsp3) is 0.438. The molecule has 2 atom stereocenters. The zero-order chi connectivity index (χ0) is 18.4. The van der Waals surface area contributed by atoms with Crippen molar-refractivity contribution in [3.63, 3.8) is 0 Å². The summed E-state index contributed by atoms with van der Waals surface area (Å²) in [5, 5.41) is 0. The first kappa shape index (κ1) is 17.8. The summed E-state index contributed by atoms with van der Waals surface area (Å²) >= 11 is 11.9. The largest absolute Gasteiger partial charge is 0.477 e. The molecule has 25 heavy (non-hydrogen) atoms. The molecule has 0 radical (unpaired) electrons. The summed E-state index contributed by atoms with van der Waals surface area (Å²) in [4.78, 5) is 37.4. The average molecular weight is 387 g/mol.